The maximum absolute atomic E-state index is 14.6. The van der Waals surface area contributed by atoms with Gasteiger partial charge in [-0.2, -0.15) is 0 Å². The maximum atomic E-state index is 14.6. The molecule has 2 aromatic rings. The molecule has 2 aromatic carbocycles. The number of anilines is 1. The quantitative estimate of drug-likeness (QED) is 0.251. The highest BCUT2D eigenvalue weighted by Gasteiger charge is 2.74. The zero-order valence-corrected chi connectivity index (χ0v) is 25.2. The molecule has 3 amide bonds. The molecule has 1 N–H and O–H groups in total. The zero-order valence-electron chi connectivity index (χ0n) is 24.4. The van der Waals surface area contributed by atoms with E-state index in [0.29, 0.717) is 62.4 Å². The van der Waals surface area contributed by atoms with Gasteiger partial charge in [0.15, 0.2) is 0 Å². The van der Waals surface area contributed by atoms with Gasteiger partial charge in [-0.1, -0.05) is 54.1 Å². The molecule has 0 aliphatic carbocycles. The second-order valence-corrected chi connectivity index (χ2v) is 12.0. The van der Waals surface area contributed by atoms with E-state index in [2.05, 4.69) is 13.2 Å². The van der Waals surface area contributed by atoms with Gasteiger partial charge in [0.2, 0.25) is 11.8 Å². The number of hydrogen-bond donors (Lipinski definition) is 1. The largest absolute Gasteiger partial charge is 0.396 e. The van der Waals surface area contributed by atoms with E-state index in [1.807, 2.05) is 30.3 Å². The van der Waals surface area contributed by atoms with E-state index in [9.17, 15) is 19.5 Å². The minimum absolute atomic E-state index is 0.0640. The van der Waals surface area contributed by atoms with Gasteiger partial charge in [-0.15, -0.1) is 13.2 Å². The summed E-state index contributed by atoms with van der Waals surface area (Å²) in [6.45, 7) is 9.09. The van der Waals surface area contributed by atoms with Crippen molar-refractivity contribution in [2.24, 2.45) is 11.8 Å². The number of likely N-dealkylation sites (tertiary alicyclic amines) is 1. The fourth-order valence-electron chi connectivity index (χ4n) is 7.15. The normalized spacial score (nSPS) is 25.4. The Bertz CT molecular complexity index is 1340. The molecule has 1 spiro atoms. The summed E-state index contributed by atoms with van der Waals surface area (Å²) in [6.07, 6.45) is 5.96. The highest BCUT2D eigenvalue weighted by atomic mass is 35.5. The van der Waals surface area contributed by atoms with Gasteiger partial charge < -0.3 is 24.5 Å². The summed E-state index contributed by atoms with van der Waals surface area (Å²) in [5.74, 6) is -2.07. The number of halogens is 1. The van der Waals surface area contributed by atoms with Crippen LogP contribution in [0.3, 0.4) is 0 Å². The number of fused-ring (bicyclic) bond motifs is 1. The SMILES string of the molecule is C=CCN(Cc1ccccc1)C(=O)[C@@H]1[C@H]2C(=O)N(CCCCCO)C(C(=O)N(CC=C)c3ccc(Cl)cc3)C23CC[C@H]1O3. The number of aliphatic hydroxyl groups is 1. The lowest BCUT2D eigenvalue weighted by molar-refractivity contribution is -0.145. The minimum atomic E-state index is -1.10. The Hall–Kier alpha value is -3.46. The van der Waals surface area contributed by atoms with Crippen molar-refractivity contribution in [1.82, 2.24) is 9.80 Å². The lowest BCUT2D eigenvalue weighted by atomic mass is 9.70. The zero-order chi connectivity index (χ0) is 30.6. The lowest BCUT2D eigenvalue weighted by Gasteiger charge is -2.37. The molecule has 5 atom stereocenters. The van der Waals surface area contributed by atoms with E-state index >= 15 is 0 Å². The molecule has 43 heavy (non-hydrogen) atoms. The van der Waals surface area contributed by atoms with Crippen LogP contribution in [-0.4, -0.2) is 76.6 Å². The summed E-state index contributed by atoms with van der Waals surface area (Å²) in [4.78, 5) is 48.2. The van der Waals surface area contributed by atoms with Gasteiger partial charge in [0, 0.05) is 43.5 Å². The Morgan fingerprint density at radius 2 is 1.74 bits per heavy atom. The summed E-state index contributed by atoms with van der Waals surface area (Å²) in [7, 11) is 0. The second kappa shape index (κ2) is 13.5. The highest BCUT2D eigenvalue weighted by molar-refractivity contribution is 6.30. The number of carbonyl (C=O) groups is 3. The second-order valence-electron chi connectivity index (χ2n) is 11.6. The molecule has 8 nitrogen and oxygen atoms in total. The van der Waals surface area contributed by atoms with Crippen LogP contribution in [0.5, 0.6) is 0 Å². The van der Waals surface area contributed by atoms with Gasteiger partial charge >= 0.3 is 0 Å². The van der Waals surface area contributed by atoms with Crippen LogP contribution in [0.4, 0.5) is 5.69 Å². The molecule has 5 rings (SSSR count). The molecule has 2 unspecified atom stereocenters. The molecule has 3 fully saturated rings. The molecule has 228 valence electrons. The summed E-state index contributed by atoms with van der Waals surface area (Å²) in [5.41, 5.74) is 0.520. The van der Waals surface area contributed by atoms with Gasteiger partial charge in [0.05, 0.1) is 17.9 Å². The molecule has 3 aliphatic heterocycles. The first kappa shape index (κ1) is 31.0. The van der Waals surface area contributed by atoms with Gasteiger partial charge in [-0.05, 0) is 61.9 Å². The number of carbonyl (C=O) groups excluding carboxylic acids is 3. The van der Waals surface area contributed by atoms with Gasteiger partial charge in [-0.25, -0.2) is 0 Å². The number of rotatable bonds is 14. The smallest absolute Gasteiger partial charge is 0.253 e. The Morgan fingerprint density at radius 1 is 1.02 bits per heavy atom. The average Bonchev–Trinajstić information content (AvgIpc) is 3.66. The van der Waals surface area contributed by atoms with Gasteiger partial charge in [-0.3, -0.25) is 14.4 Å². The number of benzene rings is 2. The predicted molar refractivity (Wildman–Crippen MR) is 166 cm³/mol. The van der Waals surface area contributed by atoms with Gasteiger partial charge in [0.25, 0.3) is 5.91 Å². The van der Waals surface area contributed by atoms with E-state index in [1.165, 1.54) is 0 Å². The van der Waals surface area contributed by atoms with E-state index in [-0.39, 0.29) is 30.9 Å². The van der Waals surface area contributed by atoms with Crippen molar-refractivity contribution in [3.63, 3.8) is 0 Å². The molecule has 2 bridgehead atoms. The average molecular weight is 606 g/mol. The number of unbranched alkanes of at least 4 members (excludes halogenated alkanes) is 2. The first-order valence-electron chi connectivity index (χ1n) is 15.1. The fourth-order valence-corrected chi connectivity index (χ4v) is 7.27. The molecule has 0 aromatic heterocycles. The van der Waals surface area contributed by atoms with Crippen LogP contribution in [-0.2, 0) is 25.7 Å². The van der Waals surface area contributed by atoms with Crippen molar-refractivity contribution in [2.75, 3.05) is 31.1 Å². The standard InChI is InChI=1S/C34H40ClN3O5/c1-3-19-36(23-24-11-7-5-8-12-24)31(40)28-27-17-18-34(43-27)29(28)32(41)38(21-9-6-10-22-39)30(34)33(42)37(20-4-2)26-15-13-25(35)14-16-26/h3-5,7-8,11-16,27-30,39H,1-2,6,9-10,17-23H2/t27-,28+,29+,30?,34?/m1/s1. The van der Waals surface area contributed by atoms with Crippen molar-refractivity contribution in [1.29, 1.82) is 0 Å². The number of amides is 3. The molecule has 0 radical (unpaired) electrons. The van der Waals surface area contributed by atoms with Crippen LogP contribution >= 0.6 is 11.6 Å². The van der Waals surface area contributed by atoms with Crippen molar-refractivity contribution in [3.8, 4) is 0 Å². The number of nitrogens with zero attached hydrogens (tertiary/aromatic N) is 3. The summed E-state index contributed by atoms with van der Waals surface area (Å²) in [5, 5.41) is 9.86. The minimum Gasteiger partial charge on any atom is -0.396 e. The molecule has 3 heterocycles. The predicted octanol–water partition coefficient (Wildman–Crippen LogP) is 4.61. The molecular formula is C34H40ClN3O5. The van der Waals surface area contributed by atoms with Crippen LogP contribution in [0.15, 0.2) is 79.9 Å². The van der Waals surface area contributed by atoms with Crippen LogP contribution < -0.4 is 4.90 Å². The molecular weight excluding hydrogens is 566 g/mol. The molecule has 0 saturated carbocycles. The Kier molecular flexibility index (Phi) is 9.69. The van der Waals surface area contributed by atoms with Crippen LogP contribution in [0, 0.1) is 11.8 Å². The molecule has 9 heteroatoms. The first-order valence-corrected chi connectivity index (χ1v) is 15.4. The van der Waals surface area contributed by atoms with E-state index in [1.54, 1.807) is 51.1 Å². The van der Waals surface area contributed by atoms with Crippen molar-refractivity contribution in [3.05, 3.63) is 90.5 Å². The summed E-state index contributed by atoms with van der Waals surface area (Å²) in [6, 6.07) is 15.8. The molecule has 3 saturated heterocycles. The van der Waals surface area contributed by atoms with E-state index < -0.39 is 29.6 Å². The Labute approximate surface area is 258 Å². The molecule has 3 aliphatic rings. The van der Waals surface area contributed by atoms with Crippen LogP contribution in [0.1, 0.15) is 37.7 Å². The number of aliphatic hydroxyl groups excluding tert-OH is 1. The number of ether oxygens (including phenoxy) is 1. The first-order chi connectivity index (χ1) is 20.9. The third-order valence-corrected chi connectivity index (χ3v) is 9.22. The summed E-state index contributed by atoms with van der Waals surface area (Å²) < 4.78 is 6.67. The summed E-state index contributed by atoms with van der Waals surface area (Å²) >= 11 is 6.14. The van der Waals surface area contributed by atoms with Crippen molar-refractivity contribution in [2.45, 2.75) is 56.4 Å². The maximum Gasteiger partial charge on any atom is 0.253 e. The topological polar surface area (TPSA) is 90.4 Å². The third kappa shape index (κ3) is 5.88. The van der Waals surface area contributed by atoms with Crippen molar-refractivity contribution < 1.29 is 24.2 Å². The van der Waals surface area contributed by atoms with Crippen LogP contribution in [0.25, 0.3) is 0 Å². The third-order valence-electron chi connectivity index (χ3n) is 8.97. The van der Waals surface area contributed by atoms with E-state index in [0.717, 1.165) is 5.56 Å². The number of hydrogen-bond acceptors (Lipinski definition) is 5. The van der Waals surface area contributed by atoms with E-state index in [4.69, 9.17) is 16.3 Å². The Balaban J connectivity index is 1.50. The Morgan fingerprint density at radius 3 is 2.42 bits per heavy atom. The van der Waals surface area contributed by atoms with Gasteiger partial charge in [0.1, 0.15) is 11.6 Å². The lowest BCUT2D eigenvalue weighted by Crippen LogP contribution is -2.56. The van der Waals surface area contributed by atoms with Crippen LogP contribution in [0.2, 0.25) is 5.02 Å². The van der Waals surface area contributed by atoms with Crippen molar-refractivity contribution >= 4 is 35.0 Å². The monoisotopic (exact) mass is 605 g/mol. The highest BCUT2D eigenvalue weighted by Crippen LogP contribution is 2.59. The fraction of sp³-hybridized carbons (Fsp3) is 0.441.